The van der Waals surface area contributed by atoms with Crippen LogP contribution in [0.5, 0.6) is 0 Å². The molecule has 1 nitrogen and oxygen atoms in total. The highest BCUT2D eigenvalue weighted by Gasteiger charge is 2.30. The van der Waals surface area contributed by atoms with E-state index in [1.165, 1.54) is 11.1 Å². The molecule has 0 saturated carbocycles. The highest BCUT2D eigenvalue weighted by atomic mass is 32.2. The zero-order chi connectivity index (χ0) is 14.5. The first kappa shape index (κ1) is 13.9. The molecule has 104 valence electrons. The van der Waals surface area contributed by atoms with Crippen molar-refractivity contribution < 1.29 is 0 Å². The second-order valence-electron chi connectivity index (χ2n) is 5.04. The molecule has 0 saturated heterocycles. The quantitative estimate of drug-likeness (QED) is 0.617. The van der Waals surface area contributed by atoms with E-state index in [1.807, 2.05) is 18.3 Å². The number of aromatic nitrogens is 1. The molecular formula is C19H17NS. The van der Waals surface area contributed by atoms with Gasteiger partial charge in [-0.25, -0.2) is 4.98 Å². The van der Waals surface area contributed by atoms with E-state index in [1.54, 1.807) is 11.8 Å². The maximum absolute atomic E-state index is 4.48. The zero-order valence-electron chi connectivity index (χ0n) is 11.9. The minimum atomic E-state index is -0.156. The van der Waals surface area contributed by atoms with E-state index in [2.05, 4.69) is 78.6 Å². The largest absolute Gasteiger partial charge is 0.250 e. The van der Waals surface area contributed by atoms with Gasteiger partial charge in [0.05, 0.1) is 9.77 Å². The van der Waals surface area contributed by atoms with Crippen LogP contribution in [-0.4, -0.2) is 4.98 Å². The van der Waals surface area contributed by atoms with Crippen LogP contribution >= 0.6 is 11.8 Å². The van der Waals surface area contributed by atoms with Crippen LogP contribution in [0.4, 0.5) is 0 Å². The molecule has 0 spiro atoms. The summed E-state index contributed by atoms with van der Waals surface area (Å²) in [4.78, 5) is 4.48. The summed E-state index contributed by atoms with van der Waals surface area (Å²) in [5.74, 6) is 0. The van der Waals surface area contributed by atoms with Crippen molar-refractivity contribution in [1.29, 1.82) is 0 Å². The van der Waals surface area contributed by atoms with Gasteiger partial charge in [0.1, 0.15) is 0 Å². The summed E-state index contributed by atoms with van der Waals surface area (Å²) in [5, 5.41) is 1.03. The predicted molar refractivity (Wildman–Crippen MR) is 89.4 cm³/mol. The molecule has 0 aliphatic rings. The summed E-state index contributed by atoms with van der Waals surface area (Å²) in [6.07, 6.45) is 1.85. The van der Waals surface area contributed by atoms with E-state index in [4.69, 9.17) is 0 Å². The molecule has 3 aromatic rings. The highest BCUT2D eigenvalue weighted by Crippen LogP contribution is 2.45. The number of hydrogen-bond acceptors (Lipinski definition) is 2. The molecule has 0 unspecified atom stereocenters. The Morgan fingerprint density at radius 1 is 0.714 bits per heavy atom. The summed E-state index contributed by atoms with van der Waals surface area (Å²) in [7, 11) is 0. The SMILES string of the molecule is CC(Sc1ccccn1)(c1ccccc1)c1ccccc1. The number of thioether (sulfide) groups is 1. The fourth-order valence-corrected chi connectivity index (χ4v) is 3.60. The van der Waals surface area contributed by atoms with Crippen LogP contribution in [0.15, 0.2) is 90.1 Å². The molecule has 3 rings (SSSR count). The lowest BCUT2D eigenvalue weighted by molar-refractivity contribution is 0.833. The predicted octanol–water partition coefficient (Wildman–Crippen LogP) is 5.14. The molecule has 0 amide bonds. The van der Waals surface area contributed by atoms with E-state index in [9.17, 15) is 0 Å². The van der Waals surface area contributed by atoms with Gasteiger partial charge >= 0.3 is 0 Å². The van der Waals surface area contributed by atoms with Crippen molar-refractivity contribution in [3.8, 4) is 0 Å². The molecule has 0 aliphatic carbocycles. The van der Waals surface area contributed by atoms with Gasteiger partial charge < -0.3 is 0 Å². The van der Waals surface area contributed by atoms with Crippen LogP contribution < -0.4 is 0 Å². The summed E-state index contributed by atoms with van der Waals surface area (Å²) < 4.78 is -0.156. The van der Waals surface area contributed by atoms with Gasteiger partial charge in [0.2, 0.25) is 0 Å². The second kappa shape index (κ2) is 6.15. The highest BCUT2D eigenvalue weighted by molar-refractivity contribution is 8.00. The molecule has 0 aliphatic heterocycles. The van der Waals surface area contributed by atoms with E-state index < -0.39 is 0 Å². The lowest BCUT2D eigenvalue weighted by Gasteiger charge is -2.30. The van der Waals surface area contributed by atoms with Crippen LogP contribution in [0.3, 0.4) is 0 Å². The van der Waals surface area contributed by atoms with E-state index >= 15 is 0 Å². The minimum Gasteiger partial charge on any atom is -0.250 e. The van der Waals surface area contributed by atoms with Gasteiger partial charge in [-0.3, -0.25) is 0 Å². The molecule has 1 aromatic heterocycles. The summed E-state index contributed by atoms with van der Waals surface area (Å²) >= 11 is 1.79. The lowest BCUT2D eigenvalue weighted by Crippen LogP contribution is -2.19. The van der Waals surface area contributed by atoms with Crippen molar-refractivity contribution in [1.82, 2.24) is 4.98 Å². The average Bonchev–Trinajstić information content (AvgIpc) is 2.57. The molecule has 0 bridgehead atoms. The number of hydrogen-bond donors (Lipinski definition) is 0. The number of nitrogens with zero attached hydrogens (tertiary/aromatic N) is 1. The van der Waals surface area contributed by atoms with Crippen molar-refractivity contribution >= 4 is 11.8 Å². The third-order valence-corrected chi connectivity index (χ3v) is 4.93. The van der Waals surface area contributed by atoms with Crippen molar-refractivity contribution in [2.24, 2.45) is 0 Å². The molecule has 2 heteroatoms. The molecule has 0 atom stereocenters. The smallest absolute Gasteiger partial charge is 0.0971 e. The zero-order valence-corrected chi connectivity index (χ0v) is 12.8. The molecular weight excluding hydrogens is 274 g/mol. The van der Waals surface area contributed by atoms with Crippen molar-refractivity contribution in [2.75, 3.05) is 0 Å². The Kier molecular flexibility index (Phi) is 4.07. The second-order valence-corrected chi connectivity index (χ2v) is 6.47. The Labute approximate surface area is 130 Å². The molecule has 0 fully saturated rings. The third-order valence-electron chi connectivity index (χ3n) is 3.60. The number of benzene rings is 2. The fraction of sp³-hybridized carbons (Fsp3) is 0.105. The van der Waals surface area contributed by atoms with Gasteiger partial charge in [0.25, 0.3) is 0 Å². The topological polar surface area (TPSA) is 12.9 Å². The van der Waals surface area contributed by atoms with Crippen LogP contribution in [-0.2, 0) is 4.75 Å². The van der Waals surface area contributed by atoms with Gasteiger partial charge in [-0.15, -0.1) is 0 Å². The molecule has 0 N–H and O–H groups in total. The van der Waals surface area contributed by atoms with Crippen molar-refractivity contribution in [3.05, 3.63) is 96.2 Å². The summed E-state index contributed by atoms with van der Waals surface area (Å²) in [5.41, 5.74) is 2.57. The van der Waals surface area contributed by atoms with Crippen molar-refractivity contribution in [3.63, 3.8) is 0 Å². The number of pyridine rings is 1. The van der Waals surface area contributed by atoms with Gasteiger partial charge in [-0.05, 0) is 30.2 Å². The maximum Gasteiger partial charge on any atom is 0.0971 e. The molecule has 0 radical (unpaired) electrons. The number of rotatable bonds is 4. The van der Waals surface area contributed by atoms with Gasteiger partial charge in [0, 0.05) is 6.20 Å². The van der Waals surface area contributed by atoms with Crippen LogP contribution in [0.1, 0.15) is 18.1 Å². The fourth-order valence-electron chi connectivity index (χ4n) is 2.41. The first-order chi connectivity index (χ1) is 10.3. The van der Waals surface area contributed by atoms with Gasteiger partial charge in [0.15, 0.2) is 0 Å². The maximum atomic E-state index is 4.48. The standard InChI is InChI=1S/C19H17NS/c1-19(16-10-4-2-5-11-16,17-12-6-3-7-13-17)21-18-14-8-9-15-20-18/h2-15H,1H3. The summed E-state index contributed by atoms with van der Waals surface area (Å²) in [6.45, 7) is 2.26. The Bertz CT molecular complexity index is 641. The van der Waals surface area contributed by atoms with Gasteiger partial charge in [-0.1, -0.05) is 78.5 Å². The molecule has 21 heavy (non-hydrogen) atoms. The minimum absolute atomic E-state index is 0.156. The third kappa shape index (κ3) is 3.01. The van der Waals surface area contributed by atoms with Gasteiger partial charge in [-0.2, -0.15) is 0 Å². The monoisotopic (exact) mass is 291 g/mol. The Morgan fingerprint density at radius 3 is 1.71 bits per heavy atom. The van der Waals surface area contributed by atoms with Crippen LogP contribution in [0.25, 0.3) is 0 Å². The normalized spacial score (nSPS) is 11.3. The Morgan fingerprint density at radius 2 is 1.24 bits per heavy atom. The first-order valence-corrected chi connectivity index (χ1v) is 7.82. The van der Waals surface area contributed by atoms with Crippen LogP contribution in [0, 0.1) is 0 Å². The van der Waals surface area contributed by atoms with E-state index in [0.29, 0.717) is 0 Å². The van der Waals surface area contributed by atoms with Crippen LogP contribution in [0.2, 0.25) is 0 Å². The van der Waals surface area contributed by atoms with E-state index in [-0.39, 0.29) is 4.75 Å². The Balaban J connectivity index is 2.07. The summed E-state index contributed by atoms with van der Waals surface area (Å²) in [6, 6.07) is 27.3. The average molecular weight is 291 g/mol. The Hall–Kier alpha value is -2.06. The lowest BCUT2D eigenvalue weighted by atomic mass is 9.92. The first-order valence-electron chi connectivity index (χ1n) is 7.00. The van der Waals surface area contributed by atoms with E-state index in [0.717, 1.165) is 5.03 Å². The molecule has 2 aromatic carbocycles. The molecule has 1 heterocycles. The van der Waals surface area contributed by atoms with Crippen molar-refractivity contribution in [2.45, 2.75) is 16.7 Å².